The van der Waals surface area contributed by atoms with Gasteiger partial charge in [0.15, 0.2) is 30.2 Å². The van der Waals surface area contributed by atoms with Gasteiger partial charge in [-0.25, -0.2) is 14.8 Å². The van der Waals surface area contributed by atoms with E-state index in [1.54, 1.807) is 30.3 Å². The third kappa shape index (κ3) is 4.18. The van der Waals surface area contributed by atoms with Crippen LogP contribution in [-0.4, -0.2) is 83.8 Å². The molecular weight excluding hydrogens is 496 g/mol. The van der Waals surface area contributed by atoms with Crippen LogP contribution >= 0.6 is 11.6 Å². The van der Waals surface area contributed by atoms with Gasteiger partial charge in [0, 0.05) is 6.42 Å². The van der Waals surface area contributed by atoms with E-state index in [9.17, 15) is 20.1 Å². The number of carboxylic acids is 1. The minimum atomic E-state index is -2.00. The number of rotatable bonds is 8. The highest BCUT2D eigenvalue weighted by atomic mass is 35.5. The van der Waals surface area contributed by atoms with Crippen molar-refractivity contribution in [3.05, 3.63) is 47.5 Å². The minimum absolute atomic E-state index is 0.0207. The average Bonchev–Trinajstić information content (AvgIpc) is 3.59. The Morgan fingerprint density at radius 1 is 1.25 bits per heavy atom. The molecule has 1 saturated heterocycles. The molecule has 5 N–H and O–H groups in total. The molecule has 0 saturated carbocycles. The fourth-order valence-electron chi connectivity index (χ4n) is 4.17. The summed E-state index contributed by atoms with van der Waals surface area (Å²) in [7, 11) is 0. The Morgan fingerprint density at radius 3 is 2.72 bits per heavy atom. The van der Waals surface area contributed by atoms with Crippen molar-refractivity contribution in [3.63, 3.8) is 0 Å². The molecule has 188 valence electrons. The fourth-order valence-corrected chi connectivity index (χ4v) is 4.34. The number of aliphatic hydroxyl groups is 2. The Balaban J connectivity index is 1.41. The highest BCUT2D eigenvalue weighted by Gasteiger charge is 2.50. The number of carbonyl (C=O) groups is 1. The zero-order valence-corrected chi connectivity index (χ0v) is 19.3. The predicted octanol–water partition coefficient (Wildman–Crippen LogP) is 0.586. The van der Waals surface area contributed by atoms with E-state index < -0.39 is 42.7 Å². The molecule has 2 aliphatic heterocycles. The van der Waals surface area contributed by atoms with Crippen LogP contribution in [0.2, 0.25) is 5.28 Å². The molecule has 14 nitrogen and oxygen atoms in total. The lowest BCUT2D eigenvalue weighted by Crippen LogP contribution is -2.52. The predicted molar refractivity (Wildman–Crippen MR) is 124 cm³/mol. The summed E-state index contributed by atoms with van der Waals surface area (Å²) in [5.74, 6) is -1.40. The Kier molecular flexibility index (Phi) is 6.36. The fraction of sp³-hybridized carbons (Fsp3) is 0.381. The van der Waals surface area contributed by atoms with Gasteiger partial charge in [-0.1, -0.05) is 30.3 Å². The summed E-state index contributed by atoms with van der Waals surface area (Å²) in [5.41, 5.74) is 4.93. The van der Waals surface area contributed by atoms with Crippen LogP contribution in [0.5, 0.6) is 0 Å². The summed E-state index contributed by atoms with van der Waals surface area (Å²) >= 11 is 5.91. The van der Waals surface area contributed by atoms with Gasteiger partial charge in [-0.2, -0.15) is 15.1 Å². The van der Waals surface area contributed by atoms with Crippen molar-refractivity contribution in [2.45, 2.75) is 36.6 Å². The Bertz CT molecular complexity index is 1350. The number of hydrogen-bond acceptors (Lipinski definition) is 12. The first-order valence-corrected chi connectivity index (χ1v) is 11.2. The number of ether oxygens (including phenoxy) is 2. The van der Waals surface area contributed by atoms with Crippen LogP contribution in [0.4, 0.5) is 5.82 Å². The number of aliphatic imine (C=N–C) groups is 1. The van der Waals surface area contributed by atoms with Crippen molar-refractivity contribution in [2.75, 3.05) is 19.0 Å². The number of aromatic nitrogens is 4. The molecule has 2 aromatic heterocycles. The molecular formula is C21H21ClN8O6. The lowest BCUT2D eigenvalue weighted by molar-refractivity contribution is -0.162. The van der Waals surface area contributed by atoms with Gasteiger partial charge in [0.25, 0.3) is 0 Å². The van der Waals surface area contributed by atoms with E-state index in [2.05, 4.69) is 30.2 Å². The second kappa shape index (κ2) is 9.48. The summed E-state index contributed by atoms with van der Waals surface area (Å²) in [6.45, 7) is -0.431. The third-order valence-electron chi connectivity index (χ3n) is 5.98. The molecule has 2 aliphatic rings. The van der Waals surface area contributed by atoms with Crippen molar-refractivity contribution in [3.8, 4) is 0 Å². The van der Waals surface area contributed by atoms with Gasteiger partial charge in [0.1, 0.15) is 23.8 Å². The molecule has 0 radical (unpaired) electrons. The molecule has 0 amide bonds. The average molecular weight is 517 g/mol. The summed E-state index contributed by atoms with van der Waals surface area (Å²) in [5, 5.41) is 39.1. The number of carboxylic acid groups (broad SMARTS) is 1. The zero-order valence-electron chi connectivity index (χ0n) is 18.5. The number of amidine groups is 1. The monoisotopic (exact) mass is 516 g/mol. The molecule has 36 heavy (non-hydrogen) atoms. The van der Waals surface area contributed by atoms with Crippen LogP contribution in [0.25, 0.3) is 11.2 Å². The van der Waals surface area contributed by atoms with Crippen molar-refractivity contribution < 1.29 is 29.6 Å². The molecule has 5 atom stereocenters. The molecule has 15 heteroatoms. The summed E-state index contributed by atoms with van der Waals surface area (Å²) in [4.78, 5) is 28.7. The number of azo groups is 1. The standard InChI is InChI=1S/C21H21ClN8O6/c22-20-27-15(23)12-16(28-20)30(9-25-12)17-14(32)13(31)11(36-17)7-35-21(19(33)34,18-24-8-26-29-18)6-10-4-2-1-3-5-10/h1-5,9,11,13-14,17,31-32H,6-8H2,(H,33,34)(H2,23,27,28)/t11-,13+,14-,17-,21?/m1/s1. The number of halogens is 1. The highest BCUT2D eigenvalue weighted by Crippen LogP contribution is 2.34. The smallest absolute Gasteiger partial charge is 0.344 e. The van der Waals surface area contributed by atoms with Gasteiger partial charge < -0.3 is 30.5 Å². The number of nitrogen functional groups attached to an aromatic ring is 1. The van der Waals surface area contributed by atoms with Crippen LogP contribution in [0.1, 0.15) is 11.8 Å². The maximum atomic E-state index is 12.5. The lowest BCUT2D eigenvalue weighted by atomic mass is 9.92. The van der Waals surface area contributed by atoms with E-state index in [1.807, 2.05) is 0 Å². The van der Waals surface area contributed by atoms with Crippen LogP contribution in [0.15, 0.2) is 51.9 Å². The van der Waals surface area contributed by atoms with E-state index >= 15 is 0 Å². The maximum Gasteiger partial charge on any atom is 0.344 e. The SMILES string of the molecule is Nc1nc(Cl)nc2c1ncn2[C@@H]1O[C@H](COC(Cc2ccccc2)(C(=O)O)C2=NCN=N2)[C@H](O)[C@H]1O. The topological polar surface area (TPSA) is 203 Å². The normalized spacial score (nSPS) is 25.2. The molecule has 3 aromatic rings. The summed E-state index contributed by atoms with van der Waals surface area (Å²) < 4.78 is 13.1. The van der Waals surface area contributed by atoms with E-state index in [0.29, 0.717) is 5.56 Å². The first-order chi connectivity index (χ1) is 17.3. The van der Waals surface area contributed by atoms with Gasteiger partial charge in [-0.3, -0.25) is 4.57 Å². The second-order valence-corrected chi connectivity index (χ2v) is 8.56. The molecule has 1 aromatic carbocycles. The first kappa shape index (κ1) is 24.1. The number of fused-ring (bicyclic) bond motifs is 1. The van der Waals surface area contributed by atoms with Crippen LogP contribution in [0, 0.1) is 0 Å². The van der Waals surface area contributed by atoms with E-state index in [1.165, 1.54) is 10.9 Å². The first-order valence-electron chi connectivity index (χ1n) is 10.8. The second-order valence-electron chi connectivity index (χ2n) is 8.22. The van der Waals surface area contributed by atoms with Crippen molar-refractivity contribution in [2.24, 2.45) is 15.2 Å². The molecule has 0 aliphatic carbocycles. The molecule has 0 spiro atoms. The number of aliphatic hydroxyl groups excluding tert-OH is 2. The summed E-state index contributed by atoms with van der Waals surface area (Å²) in [6.07, 6.45) is -3.90. The lowest BCUT2D eigenvalue weighted by Gasteiger charge is -2.29. The van der Waals surface area contributed by atoms with Gasteiger partial charge in [0.05, 0.1) is 12.9 Å². The van der Waals surface area contributed by atoms with Gasteiger partial charge in [-0.05, 0) is 17.2 Å². The Morgan fingerprint density at radius 2 is 2.03 bits per heavy atom. The summed E-state index contributed by atoms with van der Waals surface area (Å²) in [6, 6.07) is 8.83. The number of nitrogens with two attached hydrogens (primary N) is 1. The van der Waals surface area contributed by atoms with Crippen LogP contribution in [0.3, 0.4) is 0 Å². The van der Waals surface area contributed by atoms with Crippen molar-refractivity contribution in [1.29, 1.82) is 0 Å². The third-order valence-corrected chi connectivity index (χ3v) is 6.15. The molecule has 5 rings (SSSR count). The van der Waals surface area contributed by atoms with E-state index in [-0.39, 0.29) is 41.2 Å². The number of hydrogen-bond donors (Lipinski definition) is 4. The quantitative estimate of drug-likeness (QED) is 0.306. The largest absolute Gasteiger partial charge is 0.479 e. The van der Waals surface area contributed by atoms with E-state index in [0.717, 1.165) is 0 Å². The van der Waals surface area contributed by atoms with Crippen LogP contribution < -0.4 is 5.73 Å². The number of benzene rings is 1. The van der Waals surface area contributed by atoms with Crippen LogP contribution in [-0.2, 0) is 20.7 Å². The number of nitrogens with zero attached hydrogens (tertiary/aromatic N) is 7. The number of aliphatic carboxylic acids is 1. The van der Waals surface area contributed by atoms with Gasteiger partial charge in [0.2, 0.25) is 10.9 Å². The molecule has 1 unspecified atom stereocenters. The maximum absolute atomic E-state index is 12.5. The Labute approximate surface area is 208 Å². The number of anilines is 1. The Hall–Kier alpha value is -3.56. The van der Waals surface area contributed by atoms with Crippen molar-refractivity contribution in [1.82, 2.24) is 19.5 Å². The highest BCUT2D eigenvalue weighted by molar-refractivity contribution is 6.28. The molecule has 1 fully saturated rings. The number of imidazole rings is 1. The van der Waals surface area contributed by atoms with Gasteiger partial charge >= 0.3 is 5.97 Å². The minimum Gasteiger partial charge on any atom is -0.479 e. The van der Waals surface area contributed by atoms with Crippen molar-refractivity contribution >= 4 is 40.4 Å². The van der Waals surface area contributed by atoms with Gasteiger partial charge in [-0.15, -0.1) is 5.11 Å². The zero-order chi connectivity index (χ0) is 25.4. The van der Waals surface area contributed by atoms with E-state index in [4.69, 9.17) is 26.8 Å². The molecule has 4 heterocycles. The molecule has 0 bridgehead atoms.